The Hall–Kier alpha value is -1.17. The summed E-state index contributed by atoms with van der Waals surface area (Å²) in [5.41, 5.74) is 0. The maximum absolute atomic E-state index is 12.1. The number of rotatable bonds is 7. The van der Waals surface area contributed by atoms with Gasteiger partial charge in [0.2, 0.25) is 0 Å². The molecular weight excluding hydrogens is 288 g/mol. The minimum absolute atomic E-state index is 0.0220. The molecule has 20 heavy (non-hydrogen) atoms. The fourth-order valence-electron chi connectivity index (χ4n) is 2.24. The predicted molar refractivity (Wildman–Crippen MR) is 86.6 cm³/mol. The predicted octanol–water partition coefficient (Wildman–Crippen LogP) is 3.62. The van der Waals surface area contributed by atoms with Gasteiger partial charge in [-0.3, -0.25) is 9.69 Å². The monoisotopic (exact) mass is 308 g/mol. The standard InChI is InChI=1S/C15H20N2OS2/c1-3-17(4-2)12(13-7-5-9-19-13)11-16-15(18)14-8-6-10-20-14/h5-10,12H,3-4,11H2,1-2H3,(H,16,18). The van der Waals surface area contributed by atoms with Crippen molar-refractivity contribution in [3.63, 3.8) is 0 Å². The largest absolute Gasteiger partial charge is 0.349 e. The first-order chi connectivity index (χ1) is 9.76. The summed E-state index contributed by atoms with van der Waals surface area (Å²) < 4.78 is 0. The molecule has 0 aliphatic heterocycles. The molecule has 5 heteroatoms. The molecular formula is C15H20N2OS2. The Morgan fingerprint density at radius 2 is 1.90 bits per heavy atom. The number of hydrogen-bond acceptors (Lipinski definition) is 4. The molecule has 0 aliphatic carbocycles. The molecule has 2 aromatic rings. The van der Waals surface area contributed by atoms with Crippen LogP contribution in [-0.2, 0) is 0 Å². The van der Waals surface area contributed by atoms with Crippen molar-refractivity contribution in [2.45, 2.75) is 19.9 Å². The topological polar surface area (TPSA) is 32.3 Å². The Balaban J connectivity index is 2.03. The molecule has 0 aliphatic rings. The Morgan fingerprint density at radius 1 is 1.20 bits per heavy atom. The van der Waals surface area contributed by atoms with Crippen LogP contribution in [0.5, 0.6) is 0 Å². The number of hydrogen-bond donors (Lipinski definition) is 1. The molecule has 0 bridgehead atoms. The van der Waals surface area contributed by atoms with E-state index in [1.807, 2.05) is 17.5 Å². The van der Waals surface area contributed by atoms with Crippen LogP contribution in [0.3, 0.4) is 0 Å². The molecule has 0 radical (unpaired) electrons. The molecule has 0 spiro atoms. The van der Waals surface area contributed by atoms with Crippen molar-refractivity contribution in [1.82, 2.24) is 10.2 Å². The lowest BCUT2D eigenvalue weighted by Gasteiger charge is -2.29. The third-order valence-electron chi connectivity index (χ3n) is 3.33. The van der Waals surface area contributed by atoms with Gasteiger partial charge >= 0.3 is 0 Å². The Morgan fingerprint density at radius 3 is 2.45 bits per heavy atom. The van der Waals surface area contributed by atoms with Crippen molar-refractivity contribution in [2.24, 2.45) is 0 Å². The van der Waals surface area contributed by atoms with Crippen LogP contribution in [0.25, 0.3) is 0 Å². The van der Waals surface area contributed by atoms with Gasteiger partial charge in [-0.25, -0.2) is 0 Å². The number of carbonyl (C=O) groups excluding carboxylic acids is 1. The molecule has 1 amide bonds. The van der Waals surface area contributed by atoms with Gasteiger partial charge in [0.1, 0.15) is 0 Å². The summed E-state index contributed by atoms with van der Waals surface area (Å²) in [6, 6.07) is 8.23. The lowest BCUT2D eigenvalue weighted by atomic mass is 10.2. The third-order valence-corrected chi connectivity index (χ3v) is 5.17. The zero-order chi connectivity index (χ0) is 14.4. The van der Waals surface area contributed by atoms with Gasteiger partial charge in [-0.1, -0.05) is 26.0 Å². The SMILES string of the molecule is CCN(CC)C(CNC(=O)c1cccs1)c1cccs1. The normalized spacial score (nSPS) is 12.6. The summed E-state index contributed by atoms with van der Waals surface area (Å²) in [4.78, 5) is 16.5. The van der Waals surface area contributed by atoms with Gasteiger partial charge in [0.05, 0.1) is 10.9 Å². The van der Waals surface area contributed by atoms with E-state index < -0.39 is 0 Å². The number of carbonyl (C=O) groups is 1. The molecule has 1 unspecified atom stereocenters. The van der Waals surface area contributed by atoms with Crippen LogP contribution < -0.4 is 5.32 Å². The summed E-state index contributed by atoms with van der Waals surface area (Å²) in [7, 11) is 0. The van der Waals surface area contributed by atoms with Crippen molar-refractivity contribution >= 4 is 28.6 Å². The zero-order valence-corrected chi connectivity index (χ0v) is 13.5. The molecule has 108 valence electrons. The van der Waals surface area contributed by atoms with E-state index in [0.29, 0.717) is 6.54 Å². The van der Waals surface area contributed by atoms with E-state index >= 15 is 0 Å². The van der Waals surface area contributed by atoms with Crippen LogP contribution >= 0.6 is 22.7 Å². The average Bonchev–Trinajstić information content (AvgIpc) is 3.15. The number of nitrogens with one attached hydrogen (secondary N) is 1. The van der Waals surface area contributed by atoms with Crippen LogP contribution in [-0.4, -0.2) is 30.4 Å². The maximum Gasteiger partial charge on any atom is 0.261 e. The number of amides is 1. The fraction of sp³-hybridized carbons (Fsp3) is 0.400. The van der Waals surface area contributed by atoms with Crippen LogP contribution in [0.15, 0.2) is 35.0 Å². The van der Waals surface area contributed by atoms with Gasteiger partial charge in [-0.2, -0.15) is 0 Å². The van der Waals surface area contributed by atoms with Gasteiger partial charge < -0.3 is 5.32 Å². The van der Waals surface area contributed by atoms with Crippen LogP contribution in [0, 0.1) is 0 Å². The second-order valence-corrected chi connectivity index (χ2v) is 6.37. The van der Waals surface area contributed by atoms with E-state index in [-0.39, 0.29) is 11.9 Å². The highest BCUT2D eigenvalue weighted by Gasteiger charge is 2.20. The van der Waals surface area contributed by atoms with Crippen molar-refractivity contribution in [3.05, 3.63) is 44.8 Å². The van der Waals surface area contributed by atoms with Crippen LogP contribution in [0.2, 0.25) is 0 Å². The molecule has 0 saturated carbocycles. The number of likely N-dealkylation sites (N-methyl/N-ethyl adjacent to an activating group) is 1. The molecule has 1 N–H and O–H groups in total. The van der Waals surface area contributed by atoms with Crippen molar-refractivity contribution in [3.8, 4) is 0 Å². The van der Waals surface area contributed by atoms with Gasteiger partial charge in [0.15, 0.2) is 0 Å². The van der Waals surface area contributed by atoms with E-state index in [4.69, 9.17) is 0 Å². The molecule has 2 rings (SSSR count). The minimum Gasteiger partial charge on any atom is -0.349 e. The van der Waals surface area contributed by atoms with Crippen LogP contribution in [0.4, 0.5) is 0 Å². The van der Waals surface area contributed by atoms with Crippen molar-refractivity contribution in [1.29, 1.82) is 0 Å². The minimum atomic E-state index is 0.0220. The Labute approximate surface area is 128 Å². The van der Waals surface area contributed by atoms with Gasteiger partial charge in [0, 0.05) is 11.4 Å². The summed E-state index contributed by atoms with van der Waals surface area (Å²) in [5.74, 6) is 0.0220. The van der Waals surface area contributed by atoms with Crippen molar-refractivity contribution in [2.75, 3.05) is 19.6 Å². The highest BCUT2D eigenvalue weighted by atomic mass is 32.1. The second-order valence-electron chi connectivity index (χ2n) is 4.44. The van der Waals surface area contributed by atoms with E-state index in [1.54, 1.807) is 11.3 Å². The van der Waals surface area contributed by atoms with Gasteiger partial charge in [-0.15, -0.1) is 22.7 Å². The average molecular weight is 308 g/mol. The van der Waals surface area contributed by atoms with E-state index in [2.05, 4.69) is 41.6 Å². The molecule has 0 saturated heterocycles. The first-order valence-electron chi connectivity index (χ1n) is 6.85. The number of thiophene rings is 2. The summed E-state index contributed by atoms with van der Waals surface area (Å²) in [6.07, 6.45) is 0. The molecule has 0 fully saturated rings. The quantitative estimate of drug-likeness (QED) is 0.847. The molecule has 2 heterocycles. The fourth-order valence-corrected chi connectivity index (χ4v) is 3.74. The Bertz CT molecular complexity index is 504. The lowest BCUT2D eigenvalue weighted by Crippen LogP contribution is -2.37. The Kier molecular flexibility index (Phi) is 5.76. The summed E-state index contributed by atoms with van der Waals surface area (Å²) in [6.45, 7) is 6.93. The molecule has 2 aromatic heterocycles. The zero-order valence-electron chi connectivity index (χ0n) is 11.8. The highest BCUT2D eigenvalue weighted by Crippen LogP contribution is 2.24. The number of nitrogens with zero attached hydrogens (tertiary/aromatic N) is 1. The van der Waals surface area contributed by atoms with E-state index in [9.17, 15) is 4.79 Å². The molecule has 1 atom stereocenters. The maximum atomic E-state index is 12.1. The molecule has 3 nitrogen and oxygen atoms in total. The third kappa shape index (κ3) is 3.69. The summed E-state index contributed by atoms with van der Waals surface area (Å²) >= 11 is 3.23. The highest BCUT2D eigenvalue weighted by molar-refractivity contribution is 7.12. The summed E-state index contributed by atoms with van der Waals surface area (Å²) in [5, 5.41) is 7.08. The van der Waals surface area contributed by atoms with E-state index in [0.717, 1.165) is 18.0 Å². The first-order valence-corrected chi connectivity index (χ1v) is 8.61. The van der Waals surface area contributed by atoms with Gasteiger partial charge in [-0.05, 0) is 36.0 Å². The van der Waals surface area contributed by atoms with Gasteiger partial charge in [0.25, 0.3) is 5.91 Å². The first kappa shape index (κ1) is 15.2. The molecule has 0 aromatic carbocycles. The van der Waals surface area contributed by atoms with Crippen LogP contribution in [0.1, 0.15) is 34.4 Å². The van der Waals surface area contributed by atoms with E-state index in [1.165, 1.54) is 16.2 Å². The smallest absolute Gasteiger partial charge is 0.261 e. The lowest BCUT2D eigenvalue weighted by molar-refractivity contribution is 0.0939. The van der Waals surface area contributed by atoms with Crippen molar-refractivity contribution < 1.29 is 4.79 Å². The second kappa shape index (κ2) is 7.57.